The zero-order chi connectivity index (χ0) is 23.1. The molecule has 4 rings (SSSR count). The lowest BCUT2D eigenvalue weighted by Gasteiger charge is -2.63. The van der Waals surface area contributed by atoms with Gasteiger partial charge in [0.25, 0.3) is 0 Å². The first kappa shape index (κ1) is 22.7. The summed E-state index contributed by atoms with van der Waals surface area (Å²) in [5, 5.41) is 19.2. The summed E-state index contributed by atoms with van der Waals surface area (Å²) in [4.78, 5) is 36.6. The number of carbonyl (C=O) groups is 3. The van der Waals surface area contributed by atoms with Gasteiger partial charge < -0.3 is 10.2 Å². The van der Waals surface area contributed by atoms with Crippen LogP contribution in [0.3, 0.4) is 0 Å². The number of Topliss-reactive ketones (excluding diaryl/α,β-unsaturated/α-hetero) is 2. The second-order valence-corrected chi connectivity index (χ2v) is 10.3. The highest BCUT2D eigenvalue weighted by atomic mass is 35.5. The third-order valence-corrected chi connectivity index (χ3v) is 9.24. The van der Waals surface area contributed by atoms with Gasteiger partial charge in [0.2, 0.25) is 11.6 Å². The Labute approximate surface area is 182 Å². The van der Waals surface area contributed by atoms with Gasteiger partial charge in [0.05, 0.1) is 11.7 Å². The van der Waals surface area contributed by atoms with Crippen molar-refractivity contribution in [1.29, 1.82) is 0 Å². The fourth-order valence-electron chi connectivity index (χ4n) is 6.93. The van der Waals surface area contributed by atoms with Crippen molar-refractivity contribution in [3.63, 3.8) is 0 Å². The molecule has 0 aromatic rings. The van der Waals surface area contributed by atoms with Gasteiger partial charge in [-0.2, -0.15) is 0 Å². The van der Waals surface area contributed by atoms with E-state index < -0.39 is 75.9 Å². The summed E-state index contributed by atoms with van der Waals surface area (Å²) in [5.74, 6) is -4.93. The first-order valence-electron chi connectivity index (χ1n) is 10.3. The fraction of sp³-hybridized carbons (Fsp3) is 0.682. The maximum Gasteiger partial charge on any atom is 0.221 e. The molecule has 31 heavy (non-hydrogen) atoms. The van der Waals surface area contributed by atoms with E-state index in [1.54, 1.807) is 0 Å². The number of carbonyl (C=O) groups excluding carboxylic acids is 3. The highest BCUT2D eigenvalue weighted by molar-refractivity contribution is 6.42. The first-order chi connectivity index (χ1) is 14.3. The van der Waals surface area contributed by atoms with Crippen LogP contribution in [0.5, 0.6) is 0 Å². The quantitative estimate of drug-likeness (QED) is 0.488. The molecule has 4 aliphatic carbocycles. The average molecular weight is 461 g/mol. The van der Waals surface area contributed by atoms with Gasteiger partial charge in [-0.15, -0.1) is 11.6 Å². The first-order valence-corrected chi connectivity index (χ1v) is 10.7. The highest BCUT2D eigenvalue weighted by Gasteiger charge is 2.76. The Balaban J connectivity index is 1.90. The Kier molecular flexibility index (Phi) is 4.94. The standard InChI is InChI=1S/C22H24ClF3O5/c1-19-3-4-21(26)16(11(19)5-10(8-24)22(19,31)15(30)9-27)17(23)18(25)12-6-13(28)14(29)7-20(12,21)2/h6,8,11,16-18,27,31H,3-5,7,9H2,1-2H3/t11-,16+,17?,18?,19-,20-,21+,22-/m0/s1. The van der Waals surface area contributed by atoms with E-state index in [4.69, 9.17) is 11.6 Å². The van der Waals surface area contributed by atoms with E-state index in [2.05, 4.69) is 0 Å². The maximum absolute atomic E-state index is 17.0. The predicted molar refractivity (Wildman–Crippen MR) is 104 cm³/mol. The summed E-state index contributed by atoms with van der Waals surface area (Å²) in [6, 6.07) is 0. The van der Waals surface area contributed by atoms with Crippen LogP contribution < -0.4 is 0 Å². The van der Waals surface area contributed by atoms with Crippen molar-refractivity contribution < 1.29 is 37.8 Å². The second-order valence-electron chi connectivity index (χ2n) is 9.78. The number of aliphatic hydroxyl groups is 2. The van der Waals surface area contributed by atoms with Crippen LogP contribution in [0, 0.1) is 22.7 Å². The van der Waals surface area contributed by atoms with Gasteiger partial charge in [0.15, 0.2) is 11.4 Å². The number of allylic oxidation sites excluding steroid dienone is 1. The summed E-state index contributed by atoms with van der Waals surface area (Å²) in [5.41, 5.74) is -8.08. The average Bonchev–Trinajstić information content (AvgIpc) is 2.96. The molecular formula is C22H24ClF3O5. The number of ketones is 3. The van der Waals surface area contributed by atoms with E-state index in [-0.39, 0.29) is 36.7 Å². The van der Waals surface area contributed by atoms with Crippen molar-refractivity contribution in [2.24, 2.45) is 22.7 Å². The maximum atomic E-state index is 17.0. The number of aliphatic hydroxyl groups excluding tert-OH is 1. The van der Waals surface area contributed by atoms with Crippen LogP contribution in [0.2, 0.25) is 0 Å². The van der Waals surface area contributed by atoms with Gasteiger partial charge in [-0.25, -0.2) is 13.2 Å². The normalized spacial score (nSPS) is 50.6. The van der Waals surface area contributed by atoms with Crippen molar-refractivity contribution in [3.05, 3.63) is 23.6 Å². The lowest BCUT2D eigenvalue weighted by molar-refractivity contribution is -0.185. The lowest BCUT2D eigenvalue weighted by atomic mass is 9.44. The number of halogens is 4. The molecule has 9 heteroatoms. The van der Waals surface area contributed by atoms with Crippen LogP contribution in [0.15, 0.2) is 23.6 Å². The molecule has 3 saturated carbocycles. The van der Waals surface area contributed by atoms with Crippen LogP contribution in [-0.2, 0) is 14.4 Å². The number of alkyl halides is 3. The lowest BCUT2D eigenvalue weighted by Crippen LogP contribution is -2.69. The van der Waals surface area contributed by atoms with E-state index in [0.717, 1.165) is 6.08 Å². The molecule has 0 heterocycles. The highest BCUT2D eigenvalue weighted by Crippen LogP contribution is 2.72. The molecule has 0 spiro atoms. The molecule has 5 nitrogen and oxygen atoms in total. The monoisotopic (exact) mass is 460 g/mol. The molecule has 2 N–H and O–H groups in total. The molecule has 0 aromatic carbocycles. The fourth-order valence-corrected chi connectivity index (χ4v) is 7.44. The Morgan fingerprint density at radius 1 is 1.32 bits per heavy atom. The van der Waals surface area contributed by atoms with Crippen molar-refractivity contribution in [3.8, 4) is 0 Å². The van der Waals surface area contributed by atoms with E-state index in [0.29, 0.717) is 0 Å². The Bertz CT molecular complexity index is 949. The van der Waals surface area contributed by atoms with Crippen LogP contribution in [0.1, 0.15) is 39.5 Å². The number of hydrogen-bond acceptors (Lipinski definition) is 5. The second kappa shape index (κ2) is 6.75. The van der Waals surface area contributed by atoms with Gasteiger partial charge in [-0.1, -0.05) is 13.8 Å². The third kappa shape index (κ3) is 2.44. The summed E-state index contributed by atoms with van der Waals surface area (Å²) < 4.78 is 46.2. The zero-order valence-corrected chi connectivity index (χ0v) is 17.9. The van der Waals surface area contributed by atoms with Crippen molar-refractivity contribution in [2.75, 3.05) is 6.61 Å². The molecule has 0 radical (unpaired) electrons. The molecule has 170 valence electrons. The summed E-state index contributed by atoms with van der Waals surface area (Å²) in [6.07, 6.45) is -2.12. The van der Waals surface area contributed by atoms with E-state index in [1.807, 2.05) is 0 Å². The molecule has 0 bridgehead atoms. The molecule has 0 saturated heterocycles. The zero-order valence-electron chi connectivity index (χ0n) is 17.1. The molecule has 8 atom stereocenters. The van der Waals surface area contributed by atoms with Crippen molar-refractivity contribution in [2.45, 2.75) is 62.3 Å². The van der Waals surface area contributed by atoms with Gasteiger partial charge in [0.1, 0.15) is 18.4 Å². The molecule has 2 unspecified atom stereocenters. The van der Waals surface area contributed by atoms with Crippen molar-refractivity contribution >= 4 is 29.0 Å². The van der Waals surface area contributed by atoms with Crippen LogP contribution in [-0.4, -0.2) is 57.0 Å². The minimum atomic E-state index is -2.37. The summed E-state index contributed by atoms with van der Waals surface area (Å²) in [6.45, 7) is 1.86. The van der Waals surface area contributed by atoms with Crippen LogP contribution >= 0.6 is 11.6 Å². The van der Waals surface area contributed by atoms with E-state index >= 15 is 8.78 Å². The third-order valence-electron chi connectivity index (χ3n) is 8.75. The van der Waals surface area contributed by atoms with Gasteiger partial charge in [0, 0.05) is 23.2 Å². The SMILES string of the molecule is C[C@]12CC(=O)C(=O)C=C1C(F)C(Cl)[C@H]1[C@@H]3CC(=CF)[C@](O)(C(=O)CO)[C@@]3(C)CC[C@@]12F. The largest absolute Gasteiger partial charge is 0.388 e. The summed E-state index contributed by atoms with van der Waals surface area (Å²) >= 11 is 6.44. The van der Waals surface area contributed by atoms with Crippen molar-refractivity contribution in [1.82, 2.24) is 0 Å². The van der Waals surface area contributed by atoms with E-state index in [1.165, 1.54) is 13.8 Å². The minimum absolute atomic E-state index is 0.0875. The van der Waals surface area contributed by atoms with Crippen LogP contribution in [0.4, 0.5) is 13.2 Å². The molecule has 0 aliphatic heterocycles. The van der Waals surface area contributed by atoms with Gasteiger partial charge in [-0.05, 0) is 42.4 Å². The van der Waals surface area contributed by atoms with E-state index in [9.17, 15) is 29.0 Å². The molecule has 0 amide bonds. The molecular weight excluding hydrogens is 437 g/mol. The Morgan fingerprint density at radius 2 is 1.97 bits per heavy atom. The predicted octanol–water partition coefficient (Wildman–Crippen LogP) is 2.71. The van der Waals surface area contributed by atoms with Gasteiger partial charge in [-0.3, -0.25) is 14.4 Å². The molecule has 3 fully saturated rings. The van der Waals surface area contributed by atoms with Gasteiger partial charge >= 0.3 is 0 Å². The molecule has 4 aliphatic rings. The molecule has 0 aromatic heterocycles. The Morgan fingerprint density at radius 3 is 2.55 bits per heavy atom. The topological polar surface area (TPSA) is 91.7 Å². The Hall–Kier alpha value is -1.51. The number of hydrogen-bond donors (Lipinski definition) is 2. The number of rotatable bonds is 2. The number of fused-ring (bicyclic) bond motifs is 5. The smallest absolute Gasteiger partial charge is 0.221 e. The van der Waals surface area contributed by atoms with Crippen LogP contribution in [0.25, 0.3) is 0 Å². The minimum Gasteiger partial charge on any atom is -0.388 e. The summed E-state index contributed by atoms with van der Waals surface area (Å²) in [7, 11) is 0.